The lowest BCUT2D eigenvalue weighted by Gasteiger charge is -2.39. The Kier molecular flexibility index (Phi) is 10.3. The van der Waals surface area contributed by atoms with Crippen LogP contribution in [0, 0.1) is 0 Å². The highest BCUT2D eigenvalue weighted by atomic mass is 31.1. The Morgan fingerprint density at radius 3 is 1.59 bits per heavy atom. The molecular weight excluding hydrogens is 437 g/mol. The molecule has 0 aliphatic heterocycles. The minimum absolute atomic E-state index is 0. The molecule has 4 heteroatoms. The average Bonchev–Trinajstić information content (AvgIpc) is 2.81. The Morgan fingerprint density at radius 1 is 0.647 bits per heavy atom. The molecule has 0 N–H and O–H groups in total. The van der Waals surface area contributed by atoms with Crippen LogP contribution in [0.15, 0.2) is 42.5 Å². The van der Waals surface area contributed by atoms with Crippen LogP contribution in [-0.2, 0) is 0 Å². The van der Waals surface area contributed by atoms with Gasteiger partial charge in [-0.05, 0) is 87.7 Å². The molecule has 2 aromatic carbocycles. The van der Waals surface area contributed by atoms with Gasteiger partial charge in [0.25, 0.3) is 0 Å². The smallest absolute Gasteiger partial charge is 0.131 e. The number of hydrogen-bond acceptors (Lipinski definition) is 2. The number of benzene rings is 2. The maximum atomic E-state index is 6.37. The summed E-state index contributed by atoms with van der Waals surface area (Å²) in [5.41, 5.74) is 4.25. The second-order valence-corrected chi connectivity index (χ2v) is 13.2. The highest BCUT2D eigenvalue weighted by molar-refractivity contribution is 7.67. The van der Waals surface area contributed by atoms with E-state index in [-0.39, 0.29) is 26.3 Å². The van der Waals surface area contributed by atoms with Crippen molar-refractivity contribution < 1.29 is 9.47 Å². The summed E-state index contributed by atoms with van der Waals surface area (Å²) in [6, 6.07) is 15.6. The van der Waals surface area contributed by atoms with Crippen LogP contribution in [0.5, 0.6) is 11.5 Å². The van der Waals surface area contributed by atoms with Crippen LogP contribution in [0.4, 0.5) is 0 Å². The zero-order chi connectivity index (χ0) is 23.2. The molecule has 4 rings (SSSR count). The van der Waals surface area contributed by atoms with E-state index in [2.05, 4.69) is 70.2 Å². The molecule has 0 aromatic heterocycles. The zero-order valence-electron chi connectivity index (χ0n) is 21.6. The van der Waals surface area contributed by atoms with Gasteiger partial charge in [-0.25, -0.2) is 0 Å². The predicted molar refractivity (Wildman–Crippen MR) is 146 cm³/mol. The maximum absolute atomic E-state index is 6.37. The monoisotopic (exact) mass is 480 g/mol. The van der Waals surface area contributed by atoms with E-state index in [0.717, 1.165) is 28.4 Å². The van der Waals surface area contributed by atoms with E-state index in [9.17, 15) is 0 Å². The zero-order valence-corrected chi connectivity index (χ0v) is 22.5. The van der Waals surface area contributed by atoms with E-state index in [1.807, 2.05) is 0 Å². The fourth-order valence-corrected chi connectivity index (χ4v) is 9.75. The predicted octanol–water partition coefficient (Wildman–Crippen LogP) is 8.22. The molecule has 185 valence electrons. The molecule has 3 nitrogen and oxygen atoms in total. The molecule has 0 saturated heterocycles. The Hall–Kier alpha value is -1.57. The van der Waals surface area contributed by atoms with Crippen molar-refractivity contribution in [2.45, 2.75) is 115 Å². The number of ether oxygens (including phenoxy) is 2. The third-order valence-corrected chi connectivity index (χ3v) is 10.7. The van der Waals surface area contributed by atoms with Gasteiger partial charge in [0.2, 0.25) is 0 Å². The molecule has 34 heavy (non-hydrogen) atoms. The van der Waals surface area contributed by atoms with Crippen LogP contribution in [0.25, 0.3) is 11.1 Å². The summed E-state index contributed by atoms with van der Waals surface area (Å²) in [6.07, 6.45) is 14.4. The fourth-order valence-electron chi connectivity index (χ4n) is 5.80. The summed E-state index contributed by atoms with van der Waals surface area (Å²) in [5, 5.41) is 1.60. The second-order valence-electron chi connectivity index (χ2n) is 10.5. The molecule has 3 radical (unpaired) electrons. The first-order valence-electron chi connectivity index (χ1n) is 13.4. The van der Waals surface area contributed by atoms with Gasteiger partial charge in [0.15, 0.2) is 0 Å². The second kappa shape index (κ2) is 12.9. The van der Waals surface area contributed by atoms with E-state index in [4.69, 9.17) is 9.47 Å². The average molecular weight is 481 g/mol. The lowest BCUT2D eigenvalue weighted by molar-refractivity contribution is 0.231. The lowest BCUT2D eigenvalue weighted by atomic mass is 9.99. The number of hydrogen-bond donors (Lipinski definition) is 0. The van der Waals surface area contributed by atoms with E-state index >= 15 is 0 Å². The summed E-state index contributed by atoms with van der Waals surface area (Å²) in [4.78, 5) is 0. The third kappa shape index (κ3) is 6.55. The van der Waals surface area contributed by atoms with Crippen LogP contribution in [0.3, 0.4) is 0 Å². The van der Waals surface area contributed by atoms with Gasteiger partial charge in [-0.1, -0.05) is 76.8 Å². The Bertz CT molecular complexity index is 839. The van der Waals surface area contributed by atoms with Crippen molar-refractivity contribution >= 4 is 13.2 Å². The van der Waals surface area contributed by atoms with E-state index < -0.39 is 0 Å². The minimum Gasteiger partial charge on any atom is -0.490 e. The molecule has 2 fully saturated rings. The SMILES string of the molecule is CC(C)Oc1cccc(OC(C)C)c1-c1ccccc1P(C1CCCCC1)C1CCCCC1.[N]. The van der Waals surface area contributed by atoms with Crippen LogP contribution in [0.2, 0.25) is 0 Å². The lowest BCUT2D eigenvalue weighted by Crippen LogP contribution is -2.27. The topological polar surface area (TPSA) is 49.0 Å². The molecule has 2 aliphatic carbocycles. The van der Waals surface area contributed by atoms with Crippen molar-refractivity contribution in [1.29, 1.82) is 0 Å². The van der Waals surface area contributed by atoms with Gasteiger partial charge in [0, 0.05) is 6.15 Å². The first kappa shape index (κ1) is 27.0. The van der Waals surface area contributed by atoms with Crippen molar-refractivity contribution in [3.8, 4) is 22.6 Å². The van der Waals surface area contributed by atoms with Gasteiger partial charge >= 0.3 is 0 Å². The summed E-state index contributed by atoms with van der Waals surface area (Å²) in [5.74, 6) is 1.91. The number of nitrogens with zero attached hydrogens (tertiary/aromatic N) is 1. The van der Waals surface area contributed by atoms with Crippen molar-refractivity contribution in [1.82, 2.24) is 6.15 Å². The normalized spacial score (nSPS) is 17.7. The first-order chi connectivity index (χ1) is 16.0. The Labute approximate surface area is 209 Å². The van der Waals surface area contributed by atoms with Crippen LogP contribution in [-0.4, -0.2) is 23.5 Å². The van der Waals surface area contributed by atoms with Crippen LogP contribution >= 0.6 is 7.92 Å². The molecule has 2 saturated carbocycles. The van der Waals surface area contributed by atoms with Gasteiger partial charge in [0.05, 0.1) is 17.8 Å². The van der Waals surface area contributed by atoms with E-state index in [1.165, 1.54) is 69.8 Å². The van der Waals surface area contributed by atoms with Crippen molar-refractivity contribution in [2.75, 3.05) is 0 Å². The molecule has 0 spiro atoms. The standard InChI is InChI=1S/C30H43O2P.N/c1-22(2)31-27-19-13-20-28(32-23(3)4)30(27)26-18-11-12-21-29(26)33(24-14-7-5-8-15-24)25-16-9-6-10-17-25;/h11-13,18-25H,5-10,14-17H2,1-4H3;. The quantitative estimate of drug-likeness (QED) is 0.357. The van der Waals surface area contributed by atoms with Gasteiger partial charge in [-0.2, -0.15) is 0 Å². The Morgan fingerprint density at radius 2 is 1.12 bits per heavy atom. The van der Waals surface area contributed by atoms with Crippen molar-refractivity contribution in [3.05, 3.63) is 42.5 Å². The van der Waals surface area contributed by atoms with Crippen molar-refractivity contribution in [2.24, 2.45) is 0 Å². The summed E-state index contributed by atoms with van der Waals surface area (Å²) < 4.78 is 12.7. The summed E-state index contributed by atoms with van der Waals surface area (Å²) >= 11 is 0. The molecule has 0 bridgehead atoms. The molecule has 2 aromatic rings. The van der Waals surface area contributed by atoms with E-state index in [0.29, 0.717) is 0 Å². The highest BCUT2D eigenvalue weighted by Gasteiger charge is 2.34. The molecule has 0 amide bonds. The molecular formula is C30H43NO2P. The third-order valence-electron chi connectivity index (χ3n) is 7.10. The molecule has 0 unspecified atom stereocenters. The minimum atomic E-state index is -0.213. The maximum Gasteiger partial charge on any atom is 0.131 e. The van der Waals surface area contributed by atoms with Gasteiger partial charge in [0.1, 0.15) is 11.5 Å². The largest absolute Gasteiger partial charge is 0.490 e. The first-order valence-corrected chi connectivity index (χ1v) is 14.9. The highest BCUT2D eigenvalue weighted by Crippen LogP contribution is 2.57. The Balaban J connectivity index is 0.00000324. The van der Waals surface area contributed by atoms with Crippen LogP contribution in [0.1, 0.15) is 91.9 Å². The fraction of sp³-hybridized carbons (Fsp3) is 0.600. The molecule has 0 atom stereocenters. The van der Waals surface area contributed by atoms with E-state index in [1.54, 1.807) is 5.30 Å². The molecule has 0 heterocycles. The van der Waals surface area contributed by atoms with Crippen LogP contribution < -0.4 is 20.9 Å². The van der Waals surface area contributed by atoms with Crippen molar-refractivity contribution in [3.63, 3.8) is 0 Å². The van der Waals surface area contributed by atoms with Gasteiger partial charge in [-0.3, -0.25) is 0 Å². The summed E-state index contributed by atoms with van der Waals surface area (Å²) in [7, 11) is -0.213. The molecule has 2 aliphatic rings. The number of rotatable bonds is 8. The van der Waals surface area contributed by atoms with Gasteiger partial charge < -0.3 is 9.47 Å². The van der Waals surface area contributed by atoms with Gasteiger partial charge in [-0.15, -0.1) is 0 Å². The summed E-state index contributed by atoms with van der Waals surface area (Å²) in [6.45, 7) is 8.45.